The van der Waals surface area contributed by atoms with E-state index in [0.29, 0.717) is 4.83 Å². The van der Waals surface area contributed by atoms with E-state index in [2.05, 4.69) is 5.32 Å². The minimum absolute atomic E-state index is 0.126. The first kappa shape index (κ1) is 23.2. The summed E-state index contributed by atoms with van der Waals surface area (Å²) in [5.41, 5.74) is 0.745. The number of carbonyl (C=O) groups is 2. The van der Waals surface area contributed by atoms with Gasteiger partial charge in [-0.1, -0.05) is 60.7 Å². The molecule has 0 fully saturated rings. The van der Waals surface area contributed by atoms with Crippen LogP contribution in [0.1, 0.15) is 20.8 Å². The Balaban J connectivity index is 1.66. The number of rotatable bonds is 7. The molecule has 4 aromatic rings. The maximum atomic E-state index is 13.1. The van der Waals surface area contributed by atoms with Crippen LogP contribution in [0.5, 0.6) is 0 Å². The lowest BCUT2D eigenvalue weighted by Crippen LogP contribution is -2.42. The van der Waals surface area contributed by atoms with Crippen molar-refractivity contribution < 1.29 is 14.3 Å². The highest BCUT2D eigenvalue weighted by molar-refractivity contribution is 7.20. The predicted octanol–water partition coefficient (Wildman–Crippen LogP) is 2.32. The molecule has 2 aromatic heterocycles. The summed E-state index contributed by atoms with van der Waals surface area (Å²) in [6.45, 7) is 0.126. The molecule has 34 heavy (non-hydrogen) atoms. The highest BCUT2D eigenvalue weighted by Gasteiger charge is 2.25. The fourth-order valence-electron chi connectivity index (χ4n) is 3.72. The number of amides is 1. The van der Waals surface area contributed by atoms with Crippen molar-refractivity contribution in [2.75, 3.05) is 7.11 Å². The first-order valence-electron chi connectivity index (χ1n) is 10.6. The van der Waals surface area contributed by atoms with Crippen LogP contribution in [0.4, 0.5) is 0 Å². The SMILES string of the molecule is COC(=O)C(Cc1ccccc1)NC(=O)c1cc2c(=O)n(Cc3ccccc3)c(=O)n(C)c2s1. The predicted molar refractivity (Wildman–Crippen MR) is 130 cm³/mol. The third-order valence-corrected chi connectivity index (χ3v) is 6.70. The minimum Gasteiger partial charge on any atom is -0.467 e. The van der Waals surface area contributed by atoms with Crippen LogP contribution >= 0.6 is 11.3 Å². The number of ether oxygens (including phenoxy) is 1. The summed E-state index contributed by atoms with van der Waals surface area (Å²) in [5, 5.41) is 2.97. The first-order valence-corrected chi connectivity index (χ1v) is 11.4. The smallest absolute Gasteiger partial charge is 0.332 e. The molecule has 1 N–H and O–H groups in total. The van der Waals surface area contributed by atoms with Crippen LogP contribution in [0.25, 0.3) is 10.2 Å². The van der Waals surface area contributed by atoms with Crippen molar-refractivity contribution in [2.24, 2.45) is 7.05 Å². The molecule has 0 bridgehead atoms. The molecule has 1 unspecified atom stereocenters. The minimum atomic E-state index is -0.899. The molecule has 2 heterocycles. The fraction of sp³-hybridized carbons (Fsp3) is 0.200. The van der Waals surface area contributed by atoms with Gasteiger partial charge < -0.3 is 10.1 Å². The molecule has 0 saturated heterocycles. The highest BCUT2D eigenvalue weighted by atomic mass is 32.1. The van der Waals surface area contributed by atoms with Crippen LogP contribution < -0.4 is 16.6 Å². The van der Waals surface area contributed by atoms with E-state index >= 15 is 0 Å². The van der Waals surface area contributed by atoms with Crippen molar-refractivity contribution in [3.05, 3.63) is 104 Å². The summed E-state index contributed by atoms with van der Waals surface area (Å²) >= 11 is 1.03. The second-order valence-corrected chi connectivity index (χ2v) is 8.82. The number of aromatic nitrogens is 2. The summed E-state index contributed by atoms with van der Waals surface area (Å²) < 4.78 is 7.37. The zero-order valence-corrected chi connectivity index (χ0v) is 19.5. The summed E-state index contributed by atoms with van der Waals surface area (Å²) in [7, 11) is 2.83. The molecule has 2 aromatic carbocycles. The number of nitrogens with zero attached hydrogens (tertiary/aromatic N) is 2. The topological polar surface area (TPSA) is 99.4 Å². The Kier molecular flexibility index (Phi) is 6.74. The van der Waals surface area contributed by atoms with Gasteiger partial charge in [-0.3, -0.25) is 18.7 Å². The van der Waals surface area contributed by atoms with Crippen LogP contribution in [-0.4, -0.2) is 34.2 Å². The third kappa shape index (κ3) is 4.69. The molecule has 0 aliphatic carbocycles. The summed E-state index contributed by atoms with van der Waals surface area (Å²) in [5.74, 6) is -1.09. The van der Waals surface area contributed by atoms with Gasteiger partial charge in [-0.05, 0) is 17.2 Å². The Labute approximate surface area is 199 Å². The van der Waals surface area contributed by atoms with Crippen molar-refractivity contribution in [1.82, 2.24) is 14.5 Å². The highest BCUT2D eigenvalue weighted by Crippen LogP contribution is 2.22. The lowest BCUT2D eigenvalue weighted by Gasteiger charge is -2.16. The summed E-state index contributed by atoms with van der Waals surface area (Å²) in [6.07, 6.45) is 0.256. The number of hydrogen-bond donors (Lipinski definition) is 1. The van der Waals surface area contributed by atoms with Crippen molar-refractivity contribution in [3.8, 4) is 0 Å². The molecule has 0 radical (unpaired) electrons. The number of esters is 1. The number of carbonyl (C=O) groups excluding carboxylic acids is 2. The average Bonchev–Trinajstić information content (AvgIpc) is 3.32. The zero-order chi connectivity index (χ0) is 24.2. The van der Waals surface area contributed by atoms with E-state index in [1.807, 2.05) is 60.7 Å². The van der Waals surface area contributed by atoms with Crippen LogP contribution in [0.2, 0.25) is 0 Å². The van der Waals surface area contributed by atoms with Crippen molar-refractivity contribution in [2.45, 2.75) is 19.0 Å². The average molecular weight is 478 g/mol. The second-order valence-electron chi connectivity index (χ2n) is 7.79. The molecular weight excluding hydrogens is 454 g/mol. The van der Waals surface area contributed by atoms with Gasteiger partial charge in [-0.25, -0.2) is 9.59 Å². The Morgan fingerprint density at radius 1 is 1.00 bits per heavy atom. The lowest BCUT2D eigenvalue weighted by molar-refractivity contribution is -0.142. The van der Waals surface area contributed by atoms with E-state index in [1.54, 1.807) is 7.05 Å². The molecule has 0 aliphatic rings. The molecule has 0 spiro atoms. The van der Waals surface area contributed by atoms with Gasteiger partial charge in [0.15, 0.2) is 0 Å². The number of aryl methyl sites for hydroxylation is 1. The zero-order valence-electron chi connectivity index (χ0n) is 18.7. The quantitative estimate of drug-likeness (QED) is 0.412. The molecule has 1 amide bonds. The molecule has 1 atom stereocenters. The van der Waals surface area contributed by atoms with Crippen LogP contribution in [0.15, 0.2) is 76.3 Å². The normalized spacial score (nSPS) is 11.8. The van der Waals surface area contributed by atoms with Gasteiger partial charge in [0, 0.05) is 13.5 Å². The van der Waals surface area contributed by atoms with Gasteiger partial charge in [0.2, 0.25) is 0 Å². The van der Waals surface area contributed by atoms with Crippen LogP contribution in [0.3, 0.4) is 0 Å². The summed E-state index contributed by atoms with van der Waals surface area (Å²) in [4.78, 5) is 51.9. The largest absolute Gasteiger partial charge is 0.467 e. The number of hydrogen-bond acceptors (Lipinski definition) is 6. The van der Waals surface area contributed by atoms with Crippen molar-refractivity contribution in [3.63, 3.8) is 0 Å². The van der Waals surface area contributed by atoms with E-state index in [9.17, 15) is 19.2 Å². The van der Waals surface area contributed by atoms with E-state index in [0.717, 1.165) is 27.0 Å². The second kappa shape index (κ2) is 9.88. The first-order chi connectivity index (χ1) is 16.4. The Morgan fingerprint density at radius 3 is 2.24 bits per heavy atom. The standard InChI is InChI=1S/C25H23N3O5S/c1-27-23-18(22(30)28(25(27)32)15-17-11-7-4-8-12-17)14-20(34-23)21(29)26-19(24(31)33-2)13-16-9-5-3-6-10-16/h3-12,14,19H,13,15H2,1-2H3,(H,26,29). The fourth-order valence-corrected chi connectivity index (χ4v) is 4.72. The molecule has 8 nitrogen and oxygen atoms in total. The summed E-state index contributed by atoms with van der Waals surface area (Å²) in [6, 6.07) is 19.0. The maximum Gasteiger partial charge on any atom is 0.332 e. The number of fused-ring (bicyclic) bond motifs is 1. The molecule has 9 heteroatoms. The molecule has 4 rings (SSSR count). The lowest BCUT2D eigenvalue weighted by atomic mass is 10.1. The molecule has 0 aliphatic heterocycles. The van der Waals surface area contributed by atoms with E-state index in [-0.39, 0.29) is 23.2 Å². The van der Waals surface area contributed by atoms with E-state index < -0.39 is 29.2 Å². The third-order valence-electron chi connectivity index (χ3n) is 5.49. The molecule has 0 saturated carbocycles. The van der Waals surface area contributed by atoms with Crippen LogP contribution in [0, 0.1) is 0 Å². The van der Waals surface area contributed by atoms with Gasteiger partial charge in [-0.2, -0.15) is 0 Å². The van der Waals surface area contributed by atoms with Gasteiger partial charge in [0.1, 0.15) is 10.9 Å². The number of benzene rings is 2. The van der Waals surface area contributed by atoms with Crippen LogP contribution in [-0.2, 0) is 29.5 Å². The van der Waals surface area contributed by atoms with Gasteiger partial charge in [0.05, 0.1) is 23.9 Å². The molecule has 174 valence electrons. The van der Waals surface area contributed by atoms with Gasteiger partial charge in [-0.15, -0.1) is 11.3 Å². The Morgan fingerprint density at radius 2 is 1.62 bits per heavy atom. The molecular formula is C25H23N3O5S. The number of nitrogens with one attached hydrogen (secondary N) is 1. The Hall–Kier alpha value is -3.98. The van der Waals surface area contributed by atoms with Crippen molar-refractivity contribution >= 4 is 33.4 Å². The van der Waals surface area contributed by atoms with Gasteiger partial charge in [0.25, 0.3) is 11.5 Å². The number of thiophene rings is 1. The van der Waals surface area contributed by atoms with E-state index in [1.165, 1.54) is 17.7 Å². The maximum absolute atomic E-state index is 13.1. The van der Waals surface area contributed by atoms with E-state index in [4.69, 9.17) is 4.74 Å². The van der Waals surface area contributed by atoms with Gasteiger partial charge >= 0.3 is 11.7 Å². The Bertz CT molecular complexity index is 1460. The number of methoxy groups -OCH3 is 1. The monoisotopic (exact) mass is 477 g/mol. The van der Waals surface area contributed by atoms with Crippen molar-refractivity contribution in [1.29, 1.82) is 0 Å².